The molecular weight excluding hydrogens is 292 g/mol. The molecular formula is C16H26N6O. The minimum atomic E-state index is -0.0347. The number of hydrogen-bond donors (Lipinski definition) is 2. The van der Waals surface area contributed by atoms with E-state index in [9.17, 15) is 0 Å². The van der Waals surface area contributed by atoms with Gasteiger partial charge in [0, 0.05) is 25.2 Å². The van der Waals surface area contributed by atoms with E-state index >= 15 is 0 Å². The van der Waals surface area contributed by atoms with Gasteiger partial charge in [-0.1, -0.05) is 20.8 Å². The molecule has 23 heavy (non-hydrogen) atoms. The van der Waals surface area contributed by atoms with Crippen LogP contribution in [0.2, 0.25) is 0 Å². The molecule has 0 radical (unpaired) electrons. The predicted molar refractivity (Wildman–Crippen MR) is 90.4 cm³/mol. The first kappa shape index (κ1) is 17.1. The Morgan fingerprint density at radius 2 is 2.09 bits per heavy atom. The lowest BCUT2D eigenvalue weighted by atomic mass is 9.94. The summed E-state index contributed by atoms with van der Waals surface area (Å²) in [6.07, 6.45) is 5.65. The van der Waals surface area contributed by atoms with Crippen LogP contribution < -0.4 is 10.6 Å². The van der Waals surface area contributed by atoms with E-state index in [0.717, 1.165) is 24.4 Å². The summed E-state index contributed by atoms with van der Waals surface area (Å²) in [5.41, 5.74) is 1.12. The molecule has 126 valence electrons. The molecule has 0 saturated heterocycles. The number of rotatable bonds is 5. The number of aromatic nitrogens is 3. The molecule has 2 N–H and O–H groups in total. The highest BCUT2D eigenvalue weighted by Gasteiger charge is 2.19. The first-order chi connectivity index (χ1) is 10.9. The third-order valence-corrected chi connectivity index (χ3v) is 3.32. The van der Waals surface area contributed by atoms with Gasteiger partial charge in [0.25, 0.3) is 0 Å². The minimum Gasteiger partial charge on any atom is -0.443 e. The lowest BCUT2D eigenvalue weighted by Gasteiger charge is -2.13. The van der Waals surface area contributed by atoms with Crippen LogP contribution in [-0.4, -0.2) is 34.3 Å². The third-order valence-electron chi connectivity index (χ3n) is 3.32. The number of hydrogen-bond acceptors (Lipinski definition) is 4. The molecule has 0 atom stereocenters. The van der Waals surface area contributed by atoms with Gasteiger partial charge in [0.1, 0.15) is 5.76 Å². The van der Waals surface area contributed by atoms with Crippen LogP contribution in [0.15, 0.2) is 28.0 Å². The largest absolute Gasteiger partial charge is 0.443 e. The van der Waals surface area contributed by atoms with E-state index in [-0.39, 0.29) is 5.41 Å². The summed E-state index contributed by atoms with van der Waals surface area (Å²) in [5, 5.41) is 10.7. The number of nitrogens with zero attached hydrogens (tertiary/aromatic N) is 4. The van der Waals surface area contributed by atoms with Gasteiger partial charge in [0.05, 0.1) is 25.5 Å². The number of guanidine groups is 1. The quantitative estimate of drug-likeness (QED) is 0.649. The Bertz CT molecular complexity index is 650. The molecule has 0 amide bonds. The van der Waals surface area contributed by atoms with Crippen molar-refractivity contribution in [2.75, 3.05) is 13.6 Å². The first-order valence-corrected chi connectivity index (χ1v) is 7.77. The van der Waals surface area contributed by atoms with E-state index in [0.29, 0.717) is 18.4 Å². The maximum absolute atomic E-state index is 5.75. The van der Waals surface area contributed by atoms with Gasteiger partial charge in [0.2, 0.25) is 5.89 Å². The number of aryl methyl sites for hydroxylation is 1. The van der Waals surface area contributed by atoms with Crippen molar-refractivity contribution in [3.63, 3.8) is 0 Å². The van der Waals surface area contributed by atoms with Crippen LogP contribution in [0.4, 0.5) is 0 Å². The van der Waals surface area contributed by atoms with Crippen LogP contribution in [0.25, 0.3) is 0 Å². The zero-order valence-corrected chi connectivity index (χ0v) is 14.6. The highest BCUT2D eigenvalue weighted by atomic mass is 16.4. The smallest absolute Gasteiger partial charge is 0.213 e. The highest BCUT2D eigenvalue weighted by molar-refractivity contribution is 5.79. The van der Waals surface area contributed by atoms with Crippen molar-refractivity contribution >= 4 is 5.96 Å². The Kier molecular flexibility index (Phi) is 5.41. The number of oxazole rings is 1. The third kappa shape index (κ3) is 5.12. The molecule has 0 aliphatic carbocycles. The van der Waals surface area contributed by atoms with E-state index in [1.807, 2.05) is 24.0 Å². The molecule has 0 spiro atoms. The fourth-order valence-electron chi connectivity index (χ4n) is 2.00. The van der Waals surface area contributed by atoms with Crippen LogP contribution in [0, 0.1) is 6.92 Å². The number of nitrogens with one attached hydrogen (secondary N) is 2. The maximum atomic E-state index is 5.75. The lowest BCUT2D eigenvalue weighted by Crippen LogP contribution is -2.38. The van der Waals surface area contributed by atoms with E-state index in [1.165, 1.54) is 0 Å². The fourth-order valence-corrected chi connectivity index (χ4v) is 2.00. The molecule has 0 fully saturated rings. The van der Waals surface area contributed by atoms with Gasteiger partial charge in [-0.15, -0.1) is 0 Å². The zero-order valence-electron chi connectivity index (χ0n) is 14.6. The molecule has 2 heterocycles. The van der Waals surface area contributed by atoms with E-state index in [4.69, 9.17) is 4.42 Å². The van der Waals surface area contributed by atoms with Crippen molar-refractivity contribution < 1.29 is 4.42 Å². The molecule has 7 nitrogen and oxygen atoms in total. The summed E-state index contributed by atoms with van der Waals surface area (Å²) in [6, 6.07) is 0. The van der Waals surface area contributed by atoms with Gasteiger partial charge < -0.3 is 15.1 Å². The van der Waals surface area contributed by atoms with E-state index < -0.39 is 0 Å². The topological polar surface area (TPSA) is 80.3 Å². The fraction of sp³-hybridized carbons (Fsp3) is 0.562. The second-order valence-electron chi connectivity index (χ2n) is 6.50. The molecule has 0 aliphatic rings. The molecule has 2 rings (SSSR count). The SMILES string of the molecule is CN=C(NCCn1cc(C)cn1)NCc1ncc(C(C)(C)C)o1. The van der Waals surface area contributed by atoms with Gasteiger partial charge in [0.15, 0.2) is 5.96 Å². The van der Waals surface area contributed by atoms with Gasteiger partial charge in [-0.25, -0.2) is 4.98 Å². The monoisotopic (exact) mass is 318 g/mol. The lowest BCUT2D eigenvalue weighted by molar-refractivity contribution is 0.379. The summed E-state index contributed by atoms with van der Waals surface area (Å²) < 4.78 is 7.65. The zero-order chi connectivity index (χ0) is 16.9. The second kappa shape index (κ2) is 7.30. The van der Waals surface area contributed by atoms with Crippen LogP contribution in [-0.2, 0) is 18.5 Å². The van der Waals surface area contributed by atoms with Crippen molar-refractivity contribution in [3.8, 4) is 0 Å². The summed E-state index contributed by atoms with van der Waals surface area (Å²) in [5.74, 6) is 2.25. The molecule has 2 aromatic rings. The standard InChI is InChI=1S/C16H26N6O/c1-12-8-21-22(11-12)7-6-18-15(17-5)20-10-14-19-9-13(23-14)16(2,3)4/h8-9,11H,6-7,10H2,1-5H3,(H2,17,18,20). The number of aliphatic imine (C=N–C) groups is 1. The molecule has 7 heteroatoms. The molecule has 0 bridgehead atoms. The van der Waals surface area contributed by atoms with Crippen LogP contribution in [0.3, 0.4) is 0 Å². The molecule has 0 saturated carbocycles. The van der Waals surface area contributed by atoms with Gasteiger partial charge in [-0.05, 0) is 12.5 Å². The van der Waals surface area contributed by atoms with Gasteiger partial charge in [-0.2, -0.15) is 5.10 Å². The Morgan fingerprint density at radius 1 is 1.30 bits per heavy atom. The second-order valence-corrected chi connectivity index (χ2v) is 6.50. The Balaban J connectivity index is 1.77. The summed E-state index contributed by atoms with van der Waals surface area (Å²) in [7, 11) is 1.74. The van der Waals surface area contributed by atoms with Crippen molar-refractivity contribution in [1.29, 1.82) is 0 Å². The van der Waals surface area contributed by atoms with E-state index in [1.54, 1.807) is 13.2 Å². The van der Waals surface area contributed by atoms with Crippen LogP contribution in [0.5, 0.6) is 0 Å². The first-order valence-electron chi connectivity index (χ1n) is 7.77. The highest BCUT2D eigenvalue weighted by Crippen LogP contribution is 2.22. The predicted octanol–water partition coefficient (Wildman–Crippen LogP) is 1.84. The molecule has 0 aromatic carbocycles. The Hall–Kier alpha value is -2.31. The Labute approximate surface area is 137 Å². The summed E-state index contributed by atoms with van der Waals surface area (Å²) in [6.45, 7) is 10.3. The maximum Gasteiger partial charge on any atom is 0.213 e. The average molecular weight is 318 g/mol. The molecule has 2 aromatic heterocycles. The van der Waals surface area contributed by atoms with Gasteiger partial charge >= 0.3 is 0 Å². The Morgan fingerprint density at radius 3 is 2.65 bits per heavy atom. The van der Waals surface area contributed by atoms with Gasteiger partial charge in [-0.3, -0.25) is 9.67 Å². The summed E-state index contributed by atoms with van der Waals surface area (Å²) in [4.78, 5) is 8.48. The molecule has 0 unspecified atom stereocenters. The van der Waals surface area contributed by atoms with E-state index in [2.05, 4.69) is 46.5 Å². The normalized spacial score (nSPS) is 12.5. The minimum absolute atomic E-state index is 0.0347. The average Bonchev–Trinajstić information content (AvgIpc) is 3.11. The summed E-state index contributed by atoms with van der Waals surface area (Å²) >= 11 is 0. The van der Waals surface area contributed by atoms with Crippen molar-refractivity contribution in [2.45, 2.75) is 46.2 Å². The van der Waals surface area contributed by atoms with Crippen molar-refractivity contribution in [2.24, 2.45) is 4.99 Å². The van der Waals surface area contributed by atoms with Crippen LogP contribution >= 0.6 is 0 Å². The van der Waals surface area contributed by atoms with Crippen LogP contribution in [0.1, 0.15) is 38.0 Å². The van der Waals surface area contributed by atoms with Crippen molar-refractivity contribution in [3.05, 3.63) is 35.8 Å². The molecule has 0 aliphatic heterocycles. The van der Waals surface area contributed by atoms with Crippen molar-refractivity contribution in [1.82, 2.24) is 25.4 Å².